The van der Waals surface area contributed by atoms with Gasteiger partial charge < -0.3 is 21.1 Å². The Bertz CT molecular complexity index is 480. The van der Waals surface area contributed by atoms with Crippen LogP contribution in [0.1, 0.15) is 13.8 Å². The Labute approximate surface area is 119 Å². The van der Waals surface area contributed by atoms with Crippen molar-refractivity contribution in [2.24, 2.45) is 16.1 Å². The van der Waals surface area contributed by atoms with E-state index in [2.05, 4.69) is 15.6 Å². The number of hydrogen-bond donors (Lipinski definition) is 3. The molecule has 0 aliphatic carbocycles. The lowest BCUT2D eigenvalue weighted by molar-refractivity contribution is -0.128. The van der Waals surface area contributed by atoms with Crippen LogP contribution in [0.3, 0.4) is 0 Å². The van der Waals surface area contributed by atoms with Crippen molar-refractivity contribution < 1.29 is 9.53 Å². The number of aliphatic imine (C=N–C) groups is 1. The molecule has 4 N–H and O–H groups in total. The van der Waals surface area contributed by atoms with E-state index in [0.29, 0.717) is 6.54 Å². The summed E-state index contributed by atoms with van der Waals surface area (Å²) in [5, 5.41) is 5.57. The molecule has 0 saturated heterocycles. The first kappa shape index (κ1) is 15.8. The Morgan fingerprint density at radius 2 is 1.95 bits per heavy atom. The van der Waals surface area contributed by atoms with Crippen LogP contribution in [0.2, 0.25) is 0 Å². The van der Waals surface area contributed by atoms with Gasteiger partial charge in [0, 0.05) is 12.7 Å². The molecule has 0 bridgehead atoms. The summed E-state index contributed by atoms with van der Waals surface area (Å²) in [6.07, 6.45) is 0. The number of benzene rings is 1. The molecule has 0 aromatic heterocycles. The van der Waals surface area contributed by atoms with Gasteiger partial charge in [0.2, 0.25) is 5.91 Å². The van der Waals surface area contributed by atoms with Crippen molar-refractivity contribution in [2.45, 2.75) is 13.8 Å². The predicted octanol–water partition coefficient (Wildman–Crippen LogP) is 1.19. The first-order valence-electron chi connectivity index (χ1n) is 6.32. The Hall–Kier alpha value is -2.24. The molecule has 0 spiro atoms. The lowest BCUT2D eigenvalue weighted by Crippen LogP contribution is -2.37. The van der Waals surface area contributed by atoms with E-state index in [9.17, 15) is 4.79 Å². The second-order valence-electron chi connectivity index (χ2n) is 5.02. The largest absolute Gasteiger partial charge is 0.497 e. The molecular weight excluding hydrogens is 256 g/mol. The molecule has 1 rings (SSSR count). The van der Waals surface area contributed by atoms with Gasteiger partial charge in [-0.2, -0.15) is 0 Å². The van der Waals surface area contributed by atoms with Crippen LogP contribution < -0.4 is 21.1 Å². The van der Waals surface area contributed by atoms with Crippen LogP contribution in [0.4, 0.5) is 5.69 Å². The second-order valence-corrected chi connectivity index (χ2v) is 5.02. The van der Waals surface area contributed by atoms with Crippen LogP contribution in [0.5, 0.6) is 5.75 Å². The quantitative estimate of drug-likeness (QED) is 0.557. The fourth-order valence-corrected chi connectivity index (χ4v) is 1.55. The molecular formula is C14H22N4O2. The Morgan fingerprint density at radius 1 is 1.35 bits per heavy atom. The monoisotopic (exact) mass is 278 g/mol. The normalized spacial score (nSPS) is 11.9. The maximum Gasteiger partial charge on any atom is 0.227 e. The van der Waals surface area contributed by atoms with E-state index >= 15 is 0 Å². The van der Waals surface area contributed by atoms with Crippen molar-refractivity contribution in [1.82, 2.24) is 5.32 Å². The van der Waals surface area contributed by atoms with E-state index in [1.54, 1.807) is 14.2 Å². The number of guanidine groups is 1. The third kappa shape index (κ3) is 4.46. The Kier molecular flexibility index (Phi) is 5.37. The molecule has 6 nitrogen and oxygen atoms in total. The minimum absolute atomic E-state index is 0.0708. The highest BCUT2D eigenvalue weighted by Gasteiger charge is 2.26. The number of hydrogen-bond acceptors (Lipinski definition) is 3. The van der Waals surface area contributed by atoms with Crippen LogP contribution >= 0.6 is 0 Å². The van der Waals surface area contributed by atoms with Gasteiger partial charge in [-0.15, -0.1) is 0 Å². The minimum Gasteiger partial charge on any atom is -0.497 e. The topological polar surface area (TPSA) is 88.7 Å². The summed E-state index contributed by atoms with van der Waals surface area (Å²) in [5.74, 6) is 0.970. The van der Waals surface area contributed by atoms with E-state index < -0.39 is 5.41 Å². The summed E-state index contributed by atoms with van der Waals surface area (Å²) in [6.45, 7) is 3.94. The molecule has 0 atom stereocenters. The summed E-state index contributed by atoms with van der Waals surface area (Å²) in [4.78, 5) is 15.8. The van der Waals surface area contributed by atoms with Crippen molar-refractivity contribution in [3.8, 4) is 5.75 Å². The molecule has 1 aromatic rings. The highest BCUT2D eigenvalue weighted by Crippen LogP contribution is 2.16. The van der Waals surface area contributed by atoms with Crippen LogP contribution in [0.25, 0.3) is 0 Å². The number of nitrogens with one attached hydrogen (secondary N) is 2. The van der Waals surface area contributed by atoms with E-state index in [0.717, 1.165) is 11.4 Å². The van der Waals surface area contributed by atoms with Gasteiger partial charge in [-0.25, -0.2) is 0 Å². The molecule has 0 heterocycles. The molecule has 20 heavy (non-hydrogen) atoms. The number of methoxy groups -OCH3 is 1. The average molecular weight is 278 g/mol. The summed E-state index contributed by atoms with van der Waals surface area (Å²) >= 11 is 0. The van der Waals surface area contributed by atoms with Gasteiger partial charge in [0.05, 0.1) is 19.1 Å². The van der Waals surface area contributed by atoms with Crippen molar-refractivity contribution >= 4 is 17.6 Å². The molecule has 0 unspecified atom stereocenters. The molecule has 1 amide bonds. The molecule has 0 aliphatic heterocycles. The van der Waals surface area contributed by atoms with E-state index in [1.807, 2.05) is 38.1 Å². The fraction of sp³-hybridized carbons (Fsp3) is 0.429. The smallest absolute Gasteiger partial charge is 0.227 e. The molecule has 6 heteroatoms. The summed E-state index contributed by atoms with van der Waals surface area (Å²) in [7, 11) is 3.21. The zero-order valence-corrected chi connectivity index (χ0v) is 12.4. The van der Waals surface area contributed by atoms with Crippen molar-refractivity contribution in [3.63, 3.8) is 0 Å². The number of amides is 1. The third-order valence-electron chi connectivity index (χ3n) is 2.85. The van der Waals surface area contributed by atoms with Gasteiger partial charge in [-0.3, -0.25) is 9.79 Å². The number of carbonyl (C=O) groups excluding carboxylic acids is 1. The van der Waals surface area contributed by atoms with Crippen LogP contribution in [-0.2, 0) is 4.79 Å². The van der Waals surface area contributed by atoms with Crippen LogP contribution in [-0.4, -0.2) is 32.6 Å². The highest BCUT2D eigenvalue weighted by atomic mass is 16.5. The van der Waals surface area contributed by atoms with Gasteiger partial charge in [-0.05, 0) is 38.1 Å². The Balaban J connectivity index is 2.63. The summed E-state index contributed by atoms with van der Waals surface area (Å²) in [6, 6.07) is 7.32. The van der Waals surface area contributed by atoms with E-state index in [-0.39, 0.29) is 11.9 Å². The number of ether oxygens (including phenoxy) is 1. The lowest BCUT2D eigenvalue weighted by Gasteiger charge is -2.20. The molecule has 0 aliphatic rings. The standard InChI is InChI=1S/C14H22N4O2/c1-14(2,12(19)16-3)9-17-13(15)18-10-5-7-11(20-4)8-6-10/h5-8H,9H2,1-4H3,(H,16,19)(H3,15,17,18). The van der Waals surface area contributed by atoms with Gasteiger partial charge in [0.15, 0.2) is 5.96 Å². The van der Waals surface area contributed by atoms with Gasteiger partial charge in [0.25, 0.3) is 0 Å². The first-order valence-corrected chi connectivity index (χ1v) is 6.32. The van der Waals surface area contributed by atoms with Crippen LogP contribution in [0.15, 0.2) is 29.3 Å². The van der Waals surface area contributed by atoms with Crippen LogP contribution in [0, 0.1) is 5.41 Å². The SMILES string of the molecule is CNC(=O)C(C)(C)CN=C(N)Nc1ccc(OC)cc1. The van der Waals surface area contributed by atoms with E-state index in [4.69, 9.17) is 10.5 Å². The third-order valence-corrected chi connectivity index (χ3v) is 2.85. The Morgan fingerprint density at radius 3 is 2.45 bits per heavy atom. The highest BCUT2D eigenvalue weighted by molar-refractivity contribution is 5.92. The lowest BCUT2D eigenvalue weighted by atomic mass is 9.93. The number of nitrogens with zero attached hydrogens (tertiary/aromatic N) is 1. The fourth-order valence-electron chi connectivity index (χ4n) is 1.55. The summed E-state index contributed by atoms with van der Waals surface area (Å²) < 4.78 is 5.07. The van der Waals surface area contributed by atoms with Gasteiger partial charge in [-0.1, -0.05) is 0 Å². The number of carbonyl (C=O) groups is 1. The molecule has 0 saturated carbocycles. The van der Waals surface area contributed by atoms with E-state index in [1.165, 1.54) is 0 Å². The zero-order chi connectivity index (χ0) is 15.2. The number of nitrogens with two attached hydrogens (primary N) is 1. The molecule has 110 valence electrons. The second kappa shape index (κ2) is 6.79. The predicted molar refractivity (Wildman–Crippen MR) is 81.0 cm³/mol. The van der Waals surface area contributed by atoms with Gasteiger partial charge in [0.1, 0.15) is 5.75 Å². The zero-order valence-electron chi connectivity index (χ0n) is 12.4. The summed E-state index contributed by atoms with van der Waals surface area (Å²) in [5.41, 5.74) is 6.01. The molecule has 0 fully saturated rings. The first-order chi connectivity index (χ1) is 9.39. The molecule has 0 radical (unpaired) electrons. The average Bonchev–Trinajstić information content (AvgIpc) is 2.45. The maximum absolute atomic E-state index is 11.6. The van der Waals surface area contributed by atoms with Crippen molar-refractivity contribution in [2.75, 3.05) is 26.0 Å². The number of rotatable bonds is 5. The van der Waals surface area contributed by atoms with Crippen molar-refractivity contribution in [3.05, 3.63) is 24.3 Å². The van der Waals surface area contributed by atoms with Crippen molar-refractivity contribution in [1.29, 1.82) is 0 Å². The number of anilines is 1. The van der Waals surface area contributed by atoms with Gasteiger partial charge >= 0.3 is 0 Å². The molecule has 1 aromatic carbocycles. The maximum atomic E-state index is 11.6. The minimum atomic E-state index is -0.596.